The lowest BCUT2D eigenvalue weighted by molar-refractivity contribution is 0.137. The number of rotatable bonds is 9. The molecule has 3 aliphatic heterocycles. The van der Waals surface area contributed by atoms with Crippen molar-refractivity contribution in [2.24, 2.45) is 0 Å². The van der Waals surface area contributed by atoms with E-state index in [0.29, 0.717) is 37.3 Å². The van der Waals surface area contributed by atoms with E-state index in [0.717, 1.165) is 42.6 Å². The largest absolute Gasteiger partial charge is 0.456 e. The van der Waals surface area contributed by atoms with Crippen LogP contribution < -0.4 is 14.8 Å². The van der Waals surface area contributed by atoms with Gasteiger partial charge in [0.05, 0.1) is 22.4 Å². The summed E-state index contributed by atoms with van der Waals surface area (Å²) >= 11 is 0. The third kappa shape index (κ3) is 7.43. The van der Waals surface area contributed by atoms with Crippen LogP contribution in [0, 0.1) is 0 Å². The molecule has 1 amide bonds. The van der Waals surface area contributed by atoms with E-state index in [4.69, 9.17) is 9.15 Å². The van der Waals surface area contributed by atoms with Crippen molar-refractivity contribution in [2.45, 2.75) is 27.5 Å². The molecule has 0 saturated carbocycles. The lowest BCUT2D eigenvalue weighted by Crippen LogP contribution is -2.35. The molecule has 8 rings (SSSR count). The fourth-order valence-electron chi connectivity index (χ4n) is 7.74. The van der Waals surface area contributed by atoms with E-state index in [1.165, 1.54) is 30.3 Å². The molecule has 0 aromatic heterocycles. The van der Waals surface area contributed by atoms with Gasteiger partial charge in [-0.05, 0) is 36.2 Å². The van der Waals surface area contributed by atoms with E-state index >= 15 is 0 Å². The van der Waals surface area contributed by atoms with Gasteiger partial charge in [0, 0.05) is 71.7 Å². The normalized spacial score (nSPS) is 15.3. The maximum absolute atomic E-state index is 14.3. The van der Waals surface area contributed by atoms with E-state index < -0.39 is 73.2 Å². The van der Waals surface area contributed by atoms with Gasteiger partial charge >= 0.3 is 16.2 Å². The van der Waals surface area contributed by atoms with Crippen LogP contribution in [0.1, 0.15) is 11.1 Å². The lowest BCUT2D eigenvalue weighted by Gasteiger charge is -2.24. The molecule has 16 nitrogen and oxygen atoms in total. The monoisotopic (exact) mass is 894 g/mol. The predicted octanol–water partition coefficient (Wildman–Crippen LogP) is 4.85. The van der Waals surface area contributed by atoms with Crippen molar-refractivity contribution in [1.82, 2.24) is 8.88 Å². The van der Waals surface area contributed by atoms with Crippen molar-refractivity contribution in [3.05, 3.63) is 114 Å². The van der Waals surface area contributed by atoms with Crippen molar-refractivity contribution in [2.75, 3.05) is 43.7 Å². The molecule has 4 aliphatic rings. The molecule has 312 valence electrons. The van der Waals surface area contributed by atoms with Gasteiger partial charge in [-0.25, -0.2) is 25.9 Å². The molecule has 0 spiro atoms. The first kappa shape index (κ1) is 41.1. The van der Waals surface area contributed by atoms with E-state index in [2.05, 4.69) is 0 Å². The number of amides is 1. The van der Waals surface area contributed by atoms with Crippen molar-refractivity contribution < 1.29 is 56.7 Å². The number of fused-ring (bicyclic) bond motifs is 4. The van der Waals surface area contributed by atoms with Crippen LogP contribution >= 0.6 is 0 Å². The Morgan fingerprint density at radius 1 is 0.767 bits per heavy atom. The first-order chi connectivity index (χ1) is 28.2. The number of anilines is 2. The molecule has 0 unspecified atom stereocenters. The van der Waals surface area contributed by atoms with Crippen LogP contribution in [-0.2, 0) is 57.7 Å². The molecule has 1 aliphatic carbocycles. The topological polar surface area (TPSA) is 226 Å². The Morgan fingerprint density at radius 2 is 1.43 bits per heavy atom. The maximum atomic E-state index is 14.3. The molecule has 0 radical (unpaired) electrons. The van der Waals surface area contributed by atoms with Crippen molar-refractivity contribution in [3.63, 3.8) is 0 Å². The Hall–Kier alpha value is -5.64. The summed E-state index contributed by atoms with van der Waals surface area (Å²) < 4.78 is 140. The number of para-hydroxylation sites is 2. The maximum Gasteiger partial charge on any atom is 0.423 e. The third-order valence-corrected chi connectivity index (χ3v) is 15.0. The molecule has 4 aromatic carbocycles. The molecule has 4 aromatic rings. The Labute approximate surface area is 345 Å². The first-order valence-corrected chi connectivity index (χ1v) is 24.6. The zero-order valence-corrected chi connectivity index (χ0v) is 35.1. The van der Waals surface area contributed by atoms with E-state index in [9.17, 15) is 47.6 Å². The molecule has 0 saturated heterocycles. The van der Waals surface area contributed by atoms with E-state index in [1.54, 1.807) is 33.7 Å². The third-order valence-electron chi connectivity index (χ3n) is 10.5. The van der Waals surface area contributed by atoms with E-state index in [1.807, 2.05) is 24.3 Å². The number of hydrogen-bond acceptors (Lipinski definition) is 12. The summed E-state index contributed by atoms with van der Waals surface area (Å²) in [5, 5.41) is -0.0438. The van der Waals surface area contributed by atoms with Gasteiger partial charge in [0.25, 0.3) is 20.1 Å². The summed E-state index contributed by atoms with van der Waals surface area (Å²) in [5.74, 6) is -0.575. The van der Waals surface area contributed by atoms with Gasteiger partial charge < -0.3 is 14.1 Å². The minimum Gasteiger partial charge on any atom is -0.456 e. The Morgan fingerprint density at radius 3 is 2.15 bits per heavy atom. The molecule has 3 heterocycles. The van der Waals surface area contributed by atoms with Crippen LogP contribution in [-0.4, -0.2) is 91.9 Å². The minimum absolute atomic E-state index is 0.00241. The van der Waals surface area contributed by atoms with Gasteiger partial charge in [-0.15, -0.1) is 0 Å². The summed E-state index contributed by atoms with van der Waals surface area (Å²) in [7, 11) is -17.6. The standard InChI is InChI=1S/C40H35N3O13S4/c1-41(40(44)55-19-20-57(2,45)46)58(47,48)36-14-8-5-11-27(36)39-28-21-37(59(49,50)51)32(42-17-15-25-9-3-6-12-30(25)42)23-34(28)56-35-24-33(38(22-29(35)39)60(52,53)54)43-18-16-26-10-4-7-13-31(26)43/h3-14,21-24H,15-20H2,1-2H3,(H-,49,50,51,52,53,54)/p+1. The van der Waals surface area contributed by atoms with Gasteiger partial charge in [0.2, 0.25) is 11.0 Å². The highest BCUT2D eigenvalue weighted by atomic mass is 32.2. The van der Waals surface area contributed by atoms with Crippen molar-refractivity contribution in [3.8, 4) is 22.5 Å². The highest BCUT2D eigenvalue weighted by Crippen LogP contribution is 2.47. The second-order valence-corrected chi connectivity index (χ2v) is 21.3. The number of carbonyl (C=O) groups excluding carboxylic acids is 1. The number of benzene rings is 5. The summed E-state index contributed by atoms with van der Waals surface area (Å²) in [5.41, 5.74) is 2.88. The molecule has 0 fully saturated rings. The molecular weight excluding hydrogens is 859 g/mol. The molecule has 2 N–H and O–H groups in total. The molecular formula is C40H36N3O13S4+. The summed E-state index contributed by atoms with van der Waals surface area (Å²) in [6.45, 7) is 0.0224. The molecule has 60 heavy (non-hydrogen) atoms. The smallest absolute Gasteiger partial charge is 0.423 e. The second kappa shape index (κ2) is 14.8. The van der Waals surface area contributed by atoms with Crippen molar-refractivity contribution >= 4 is 74.2 Å². The van der Waals surface area contributed by atoms with Crippen LogP contribution in [0.4, 0.5) is 21.9 Å². The number of ether oxygens (including phenoxy) is 1. The lowest BCUT2D eigenvalue weighted by atomic mass is 9.93. The first-order valence-electron chi connectivity index (χ1n) is 18.2. The van der Waals surface area contributed by atoms with Gasteiger partial charge in [-0.1, -0.05) is 54.6 Å². The van der Waals surface area contributed by atoms with Crippen LogP contribution in [0.2, 0.25) is 0 Å². The van der Waals surface area contributed by atoms with Crippen LogP contribution in [0.25, 0.3) is 33.4 Å². The Bertz CT molecular complexity index is 3290. The number of carbonyl (C=O) groups is 1. The summed E-state index contributed by atoms with van der Waals surface area (Å²) in [6.07, 6.45) is 0.611. The fraction of sp³-hybridized carbons (Fsp3) is 0.200. The molecule has 20 heteroatoms. The number of nitrogens with zero attached hydrogens (tertiary/aromatic N) is 3. The van der Waals surface area contributed by atoms with E-state index in [-0.39, 0.29) is 48.8 Å². The summed E-state index contributed by atoms with van der Waals surface area (Å²) in [6, 6.07) is 24.9. The van der Waals surface area contributed by atoms with Gasteiger partial charge in [-0.3, -0.25) is 9.11 Å². The predicted molar refractivity (Wildman–Crippen MR) is 221 cm³/mol. The highest BCUT2D eigenvalue weighted by Gasteiger charge is 2.36. The zero-order valence-electron chi connectivity index (χ0n) is 31.8. The molecule has 0 atom stereocenters. The minimum atomic E-state index is -5.03. The van der Waals surface area contributed by atoms with Gasteiger partial charge in [0.1, 0.15) is 22.8 Å². The zero-order chi connectivity index (χ0) is 42.9. The average molecular weight is 895 g/mol. The quantitative estimate of drug-likeness (QED) is 0.112. The SMILES string of the molecule is CN(C(=O)OCCS(C)(=O)=O)S(=O)(=O)c1ccccc1-c1c2cc(S(=O)(=O)O)c(=[N+]3CCc4ccccc43)cc-2oc2cc(N3CCc4ccccc43)c(S(=O)(=O)O)cc12. The van der Waals surface area contributed by atoms with Gasteiger partial charge in [-0.2, -0.15) is 21.4 Å². The highest BCUT2D eigenvalue weighted by molar-refractivity contribution is 7.90. The number of sulfonamides is 1. The van der Waals surface area contributed by atoms with Crippen LogP contribution in [0.5, 0.6) is 0 Å². The second-order valence-electron chi connectivity index (χ2n) is 14.3. The Kier molecular flexibility index (Phi) is 10.2. The van der Waals surface area contributed by atoms with Crippen LogP contribution in [0.15, 0.2) is 116 Å². The molecule has 0 bridgehead atoms. The fourth-order valence-corrected chi connectivity index (χ4v) is 10.8. The summed E-state index contributed by atoms with van der Waals surface area (Å²) in [4.78, 5) is 13.1. The van der Waals surface area contributed by atoms with Gasteiger partial charge in [0.15, 0.2) is 21.3 Å². The Balaban J connectivity index is 1.46. The number of sulfone groups is 1. The van der Waals surface area contributed by atoms with Crippen molar-refractivity contribution in [1.29, 1.82) is 0 Å². The number of hydrogen-bond donors (Lipinski definition) is 2. The van der Waals surface area contributed by atoms with Crippen LogP contribution in [0.3, 0.4) is 0 Å². The average Bonchev–Trinajstić information content (AvgIpc) is 3.82.